The molecule has 0 saturated carbocycles. The number of rotatable bonds is 0. The third-order valence-corrected chi connectivity index (χ3v) is 3.03. The van der Waals surface area contributed by atoms with E-state index in [1.807, 2.05) is 0 Å². The Hall–Kier alpha value is -0.830. The summed E-state index contributed by atoms with van der Waals surface area (Å²) in [5.74, 6) is 0. The van der Waals surface area contributed by atoms with Gasteiger partial charge < -0.3 is 4.74 Å². The van der Waals surface area contributed by atoms with Crippen LogP contribution in [0.25, 0.3) is 0 Å². The molecule has 0 aromatic heterocycles. The molecule has 1 aromatic carbocycles. The van der Waals surface area contributed by atoms with Crippen LogP contribution in [-0.2, 0) is 11.2 Å². The number of ether oxygens (including phenoxy) is 1. The van der Waals surface area contributed by atoms with Gasteiger partial charge in [-0.2, -0.15) is 0 Å². The first kappa shape index (κ1) is 7.56. The standard InChI is InChI=1S/C10H8BrNO/c11-10-12-9-7-4-2-1-3-6(7)5-8(9)13-10/h1-4,8-9H,5H2/t8-,9+/m0/s1. The van der Waals surface area contributed by atoms with E-state index < -0.39 is 0 Å². The second kappa shape index (κ2) is 2.58. The number of aliphatic imine (C=N–C) groups is 1. The molecular formula is C10H8BrNO. The summed E-state index contributed by atoms with van der Waals surface area (Å²) in [4.78, 5) is 5.05. The SMILES string of the molecule is BrC1=N[C@@H]2c3ccccc3C[C@@H]2O1. The maximum absolute atomic E-state index is 5.53. The van der Waals surface area contributed by atoms with Crippen LogP contribution in [0.4, 0.5) is 0 Å². The van der Waals surface area contributed by atoms with Crippen LogP contribution in [0.5, 0.6) is 0 Å². The van der Waals surface area contributed by atoms with E-state index in [4.69, 9.17) is 4.74 Å². The van der Waals surface area contributed by atoms with E-state index in [1.54, 1.807) is 0 Å². The van der Waals surface area contributed by atoms with E-state index in [1.165, 1.54) is 11.1 Å². The van der Waals surface area contributed by atoms with Gasteiger partial charge in [-0.25, -0.2) is 4.99 Å². The van der Waals surface area contributed by atoms with Crippen molar-refractivity contribution in [2.45, 2.75) is 18.6 Å². The van der Waals surface area contributed by atoms with E-state index in [0.29, 0.717) is 4.81 Å². The monoisotopic (exact) mass is 237 g/mol. The lowest BCUT2D eigenvalue weighted by Gasteiger charge is -2.05. The minimum absolute atomic E-state index is 0.227. The first-order valence-corrected chi connectivity index (χ1v) is 5.11. The van der Waals surface area contributed by atoms with Gasteiger partial charge in [0.2, 0.25) is 0 Å². The van der Waals surface area contributed by atoms with Gasteiger partial charge in [-0.1, -0.05) is 24.3 Å². The van der Waals surface area contributed by atoms with E-state index in [-0.39, 0.29) is 12.1 Å². The number of halogens is 1. The fourth-order valence-corrected chi connectivity index (χ4v) is 2.52. The maximum Gasteiger partial charge on any atom is 0.255 e. The Morgan fingerprint density at radius 3 is 3.15 bits per heavy atom. The van der Waals surface area contributed by atoms with Gasteiger partial charge in [0.25, 0.3) is 4.81 Å². The lowest BCUT2D eigenvalue weighted by atomic mass is 10.1. The van der Waals surface area contributed by atoms with E-state index in [9.17, 15) is 0 Å². The summed E-state index contributed by atoms with van der Waals surface area (Å²) in [7, 11) is 0. The smallest absolute Gasteiger partial charge is 0.255 e. The van der Waals surface area contributed by atoms with E-state index in [2.05, 4.69) is 45.2 Å². The van der Waals surface area contributed by atoms with Gasteiger partial charge in [-0.05, 0) is 11.1 Å². The van der Waals surface area contributed by atoms with Gasteiger partial charge in [0, 0.05) is 22.4 Å². The number of hydrogen-bond acceptors (Lipinski definition) is 2. The molecule has 2 aliphatic rings. The molecule has 3 rings (SSSR count). The van der Waals surface area contributed by atoms with Crippen molar-refractivity contribution in [2.24, 2.45) is 4.99 Å². The van der Waals surface area contributed by atoms with Crippen molar-refractivity contribution in [3.8, 4) is 0 Å². The first-order valence-electron chi connectivity index (χ1n) is 4.32. The molecular weight excluding hydrogens is 230 g/mol. The van der Waals surface area contributed by atoms with Gasteiger partial charge in [-0.15, -0.1) is 0 Å². The first-order chi connectivity index (χ1) is 6.34. The van der Waals surface area contributed by atoms with Crippen LogP contribution in [0, 0.1) is 0 Å². The van der Waals surface area contributed by atoms with Crippen molar-refractivity contribution in [3.05, 3.63) is 35.4 Å². The van der Waals surface area contributed by atoms with Crippen molar-refractivity contribution in [1.29, 1.82) is 0 Å². The van der Waals surface area contributed by atoms with Crippen molar-refractivity contribution in [3.63, 3.8) is 0 Å². The van der Waals surface area contributed by atoms with Crippen molar-refractivity contribution in [2.75, 3.05) is 0 Å². The normalized spacial score (nSPS) is 29.2. The summed E-state index contributed by atoms with van der Waals surface area (Å²) in [6.07, 6.45) is 1.21. The highest BCUT2D eigenvalue weighted by Gasteiger charge is 2.38. The molecule has 0 saturated heterocycles. The quantitative estimate of drug-likeness (QED) is 0.680. The zero-order valence-electron chi connectivity index (χ0n) is 6.90. The Morgan fingerprint density at radius 2 is 2.23 bits per heavy atom. The number of nitrogens with zero attached hydrogens (tertiary/aromatic N) is 1. The molecule has 0 fully saturated rings. The maximum atomic E-state index is 5.53. The third-order valence-electron chi connectivity index (χ3n) is 2.64. The molecule has 1 aromatic rings. The Bertz CT molecular complexity index is 388. The Labute approximate surface area is 84.8 Å². The average molecular weight is 238 g/mol. The Morgan fingerprint density at radius 1 is 1.38 bits per heavy atom. The van der Waals surface area contributed by atoms with E-state index in [0.717, 1.165) is 6.42 Å². The van der Waals surface area contributed by atoms with Gasteiger partial charge in [0.15, 0.2) is 0 Å². The number of fused-ring (bicyclic) bond motifs is 3. The molecule has 3 heteroatoms. The van der Waals surface area contributed by atoms with Crippen LogP contribution < -0.4 is 0 Å². The number of hydrogen-bond donors (Lipinski definition) is 0. The zero-order chi connectivity index (χ0) is 8.84. The summed E-state index contributed by atoms with van der Waals surface area (Å²) in [5.41, 5.74) is 2.70. The molecule has 2 atom stereocenters. The fraction of sp³-hybridized carbons (Fsp3) is 0.300. The third kappa shape index (κ3) is 1.03. The van der Waals surface area contributed by atoms with Crippen LogP contribution in [-0.4, -0.2) is 10.9 Å². The topological polar surface area (TPSA) is 21.6 Å². The molecule has 0 amide bonds. The summed E-state index contributed by atoms with van der Waals surface area (Å²) >= 11 is 3.27. The van der Waals surface area contributed by atoms with Crippen LogP contribution >= 0.6 is 15.9 Å². The van der Waals surface area contributed by atoms with Crippen LogP contribution in [0.1, 0.15) is 17.2 Å². The molecule has 0 radical (unpaired) electrons. The van der Waals surface area contributed by atoms with Crippen LogP contribution in [0.2, 0.25) is 0 Å². The average Bonchev–Trinajstić information content (AvgIpc) is 2.60. The van der Waals surface area contributed by atoms with Gasteiger partial charge >= 0.3 is 0 Å². The van der Waals surface area contributed by atoms with Gasteiger partial charge in [0.1, 0.15) is 12.1 Å². The van der Waals surface area contributed by atoms with Gasteiger partial charge in [0.05, 0.1) is 0 Å². The lowest BCUT2D eigenvalue weighted by Crippen LogP contribution is -2.10. The zero-order valence-corrected chi connectivity index (χ0v) is 8.49. The van der Waals surface area contributed by atoms with E-state index >= 15 is 0 Å². The summed E-state index contributed by atoms with van der Waals surface area (Å²) in [5, 5.41) is 0. The molecule has 1 heterocycles. The predicted molar refractivity (Wildman–Crippen MR) is 54.1 cm³/mol. The van der Waals surface area contributed by atoms with Gasteiger partial charge in [-0.3, -0.25) is 0 Å². The van der Waals surface area contributed by atoms with Crippen LogP contribution in [0.15, 0.2) is 29.3 Å². The molecule has 13 heavy (non-hydrogen) atoms. The minimum atomic E-state index is 0.227. The second-order valence-corrected chi connectivity index (χ2v) is 4.06. The molecule has 0 spiro atoms. The summed E-state index contributed by atoms with van der Waals surface area (Å²) < 4.78 is 5.53. The molecule has 1 aliphatic heterocycles. The van der Waals surface area contributed by atoms with Crippen molar-refractivity contribution < 1.29 is 4.74 Å². The fourth-order valence-electron chi connectivity index (χ4n) is 2.06. The largest absolute Gasteiger partial charge is 0.466 e. The predicted octanol–water partition coefficient (Wildman–Crippen LogP) is 2.43. The molecule has 0 unspecified atom stereocenters. The Kier molecular flexibility index (Phi) is 1.50. The Balaban J connectivity index is 2.10. The second-order valence-electron chi connectivity index (χ2n) is 3.39. The highest BCUT2D eigenvalue weighted by atomic mass is 79.9. The number of benzene rings is 1. The molecule has 0 bridgehead atoms. The molecule has 2 nitrogen and oxygen atoms in total. The van der Waals surface area contributed by atoms with Crippen molar-refractivity contribution in [1.82, 2.24) is 0 Å². The highest BCUT2D eigenvalue weighted by Crippen LogP contribution is 2.40. The molecule has 66 valence electrons. The lowest BCUT2D eigenvalue weighted by molar-refractivity contribution is 0.212. The van der Waals surface area contributed by atoms with Crippen molar-refractivity contribution >= 4 is 20.7 Å². The highest BCUT2D eigenvalue weighted by molar-refractivity contribution is 9.18. The molecule has 0 N–H and O–H groups in total. The van der Waals surface area contributed by atoms with Crippen LogP contribution in [0.3, 0.4) is 0 Å². The minimum Gasteiger partial charge on any atom is -0.466 e. The summed E-state index contributed by atoms with van der Waals surface area (Å²) in [6, 6.07) is 8.64. The summed E-state index contributed by atoms with van der Waals surface area (Å²) in [6.45, 7) is 0. The molecule has 1 aliphatic carbocycles.